The number of rotatable bonds is 5. The minimum absolute atomic E-state index is 0.0166. The van der Waals surface area contributed by atoms with Crippen molar-refractivity contribution in [1.29, 1.82) is 0 Å². The van der Waals surface area contributed by atoms with Gasteiger partial charge >= 0.3 is 6.18 Å². The van der Waals surface area contributed by atoms with Crippen molar-refractivity contribution in [3.05, 3.63) is 83.7 Å². The fourth-order valence-electron chi connectivity index (χ4n) is 3.62. The number of nitrogens with one attached hydrogen (secondary N) is 3. The van der Waals surface area contributed by atoms with Crippen LogP contribution in [-0.4, -0.2) is 35.9 Å². The maximum absolute atomic E-state index is 14.0. The Hall–Kier alpha value is -4.47. The van der Waals surface area contributed by atoms with Crippen LogP contribution in [0.1, 0.15) is 26.3 Å². The van der Waals surface area contributed by atoms with Gasteiger partial charge in [-0.2, -0.15) is 13.2 Å². The van der Waals surface area contributed by atoms with E-state index in [1.807, 2.05) is 6.07 Å². The summed E-state index contributed by atoms with van der Waals surface area (Å²) >= 11 is 0. The van der Waals surface area contributed by atoms with Crippen molar-refractivity contribution in [2.24, 2.45) is 0 Å². The number of hydrogen-bond acceptors (Lipinski definition) is 5. The van der Waals surface area contributed by atoms with Crippen LogP contribution in [0.4, 0.5) is 24.5 Å². The predicted octanol–water partition coefficient (Wildman–Crippen LogP) is 4.78. The van der Waals surface area contributed by atoms with Gasteiger partial charge in [0.15, 0.2) is 0 Å². The van der Waals surface area contributed by atoms with Gasteiger partial charge in [0.05, 0.1) is 33.6 Å². The monoisotopic (exact) mass is 479 g/mol. The molecular weight excluding hydrogens is 459 g/mol. The van der Waals surface area contributed by atoms with Crippen LogP contribution in [0.5, 0.6) is 0 Å². The van der Waals surface area contributed by atoms with Gasteiger partial charge in [0, 0.05) is 43.1 Å². The van der Waals surface area contributed by atoms with Crippen molar-refractivity contribution in [2.45, 2.75) is 6.18 Å². The van der Waals surface area contributed by atoms with Crippen LogP contribution in [0, 0.1) is 0 Å². The van der Waals surface area contributed by atoms with Crippen molar-refractivity contribution in [2.75, 3.05) is 19.4 Å². The lowest BCUT2D eigenvalue weighted by molar-refractivity contribution is -0.137. The molecule has 4 aromatic rings. The molecule has 35 heavy (non-hydrogen) atoms. The molecular formula is C25H20F3N5O2. The zero-order valence-corrected chi connectivity index (χ0v) is 18.7. The quantitative estimate of drug-likeness (QED) is 0.383. The first-order valence-corrected chi connectivity index (χ1v) is 10.5. The third-order valence-electron chi connectivity index (χ3n) is 5.36. The average molecular weight is 479 g/mol. The maximum Gasteiger partial charge on any atom is 0.417 e. The van der Waals surface area contributed by atoms with Gasteiger partial charge < -0.3 is 16.0 Å². The largest absolute Gasteiger partial charge is 0.417 e. The van der Waals surface area contributed by atoms with Crippen molar-refractivity contribution in [3.63, 3.8) is 0 Å². The second kappa shape index (κ2) is 9.41. The lowest BCUT2D eigenvalue weighted by atomic mass is 9.97. The Labute approximate surface area is 198 Å². The predicted molar refractivity (Wildman–Crippen MR) is 126 cm³/mol. The Morgan fingerprint density at radius 3 is 2.17 bits per heavy atom. The molecule has 0 saturated heterocycles. The molecule has 0 aliphatic carbocycles. The molecule has 0 saturated carbocycles. The van der Waals surface area contributed by atoms with Crippen LogP contribution in [0.3, 0.4) is 0 Å². The summed E-state index contributed by atoms with van der Waals surface area (Å²) in [6.07, 6.45) is -2.25. The van der Waals surface area contributed by atoms with Gasteiger partial charge in [-0.05, 0) is 36.4 Å². The van der Waals surface area contributed by atoms with Crippen LogP contribution >= 0.6 is 0 Å². The number of aromatic nitrogens is 2. The summed E-state index contributed by atoms with van der Waals surface area (Å²) in [6.45, 7) is 0. The van der Waals surface area contributed by atoms with E-state index in [4.69, 9.17) is 0 Å². The van der Waals surface area contributed by atoms with Gasteiger partial charge in [0.2, 0.25) is 0 Å². The number of pyridine rings is 2. The summed E-state index contributed by atoms with van der Waals surface area (Å²) in [5, 5.41) is 8.41. The van der Waals surface area contributed by atoms with Crippen molar-refractivity contribution in [1.82, 2.24) is 20.6 Å². The highest BCUT2D eigenvalue weighted by molar-refractivity contribution is 6.09. The molecule has 0 aliphatic rings. The minimum Gasteiger partial charge on any atom is -0.355 e. The third-order valence-corrected chi connectivity index (χ3v) is 5.36. The van der Waals surface area contributed by atoms with E-state index >= 15 is 0 Å². The first-order chi connectivity index (χ1) is 16.7. The highest BCUT2D eigenvalue weighted by atomic mass is 19.4. The number of benzene rings is 2. The number of hydrogen-bond donors (Lipinski definition) is 3. The standard InChI is InChI=1S/C25H20F3N5O2/c1-29-23(34)14-8-9-20(31-12-14)16-10-17-21(11-19(16)25(26,27)28)32-13-18(24(35)30-2)22(17)33-15-6-4-3-5-7-15/h3-13H,1-2H3,(H,29,34)(H,30,35)(H,32,33). The normalized spacial score (nSPS) is 11.2. The summed E-state index contributed by atoms with van der Waals surface area (Å²) in [5.74, 6) is -0.861. The van der Waals surface area contributed by atoms with Gasteiger partial charge in [-0.1, -0.05) is 18.2 Å². The molecule has 0 unspecified atom stereocenters. The van der Waals surface area contributed by atoms with Gasteiger partial charge in [-0.25, -0.2) is 0 Å². The van der Waals surface area contributed by atoms with Crippen LogP contribution in [0.2, 0.25) is 0 Å². The molecule has 2 heterocycles. The van der Waals surface area contributed by atoms with E-state index < -0.39 is 23.6 Å². The molecule has 0 fully saturated rings. The van der Waals surface area contributed by atoms with Crippen molar-refractivity contribution < 1.29 is 22.8 Å². The molecule has 2 amide bonds. The molecule has 0 radical (unpaired) electrons. The Morgan fingerprint density at radius 1 is 0.857 bits per heavy atom. The van der Waals surface area contributed by atoms with E-state index in [-0.39, 0.29) is 27.9 Å². The fourth-order valence-corrected chi connectivity index (χ4v) is 3.62. The third kappa shape index (κ3) is 4.77. The number of halogens is 3. The van der Waals surface area contributed by atoms with Gasteiger partial charge in [-0.15, -0.1) is 0 Å². The number of amides is 2. The van der Waals surface area contributed by atoms with Crippen LogP contribution in [0.25, 0.3) is 22.2 Å². The number of para-hydroxylation sites is 1. The number of carbonyl (C=O) groups excluding carboxylic acids is 2. The van der Waals surface area contributed by atoms with E-state index in [9.17, 15) is 22.8 Å². The SMILES string of the molecule is CNC(=O)c1ccc(-c2cc3c(Nc4ccccc4)c(C(=O)NC)cnc3cc2C(F)(F)F)nc1. The average Bonchev–Trinajstić information content (AvgIpc) is 2.87. The summed E-state index contributed by atoms with van der Waals surface area (Å²) in [4.78, 5) is 32.6. The van der Waals surface area contributed by atoms with E-state index in [1.54, 1.807) is 24.3 Å². The lowest BCUT2D eigenvalue weighted by Crippen LogP contribution is -2.20. The van der Waals surface area contributed by atoms with E-state index in [0.29, 0.717) is 16.8 Å². The number of carbonyl (C=O) groups is 2. The molecule has 0 atom stereocenters. The second-order valence-electron chi connectivity index (χ2n) is 7.54. The molecule has 4 rings (SSSR count). The van der Waals surface area contributed by atoms with Crippen LogP contribution in [-0.2, 0) is 6.18 Å². The first-order valence-electron chi connectivity index (χ1n) is 10.5. The number of nitrogens with zero attached hydrogens (tertiary/aromatic N) is 2. The first kappa shape index (κ1) is 23.7. The van der Waals surface area contributed by atoms with Crippen LogP contribution < -0.4 is 16.0 Å². The Morgan fingerprint density at radius 2 is 1.57 bits per heavy atom. The maximum atomic E-state index is 14.0. The summed E-state index contributed by atoms with van der Waals surface area (Å²) in [6, 6.07) is 13.9. The number of alkyl halides is 3. The van der Waals surface area contributed by atoms with Crippen LogP contribution in [0.15, 0.2) is 67.0 Å². The molecule has 2 aromatic carbocycles. The van der Waals surface area contributed by atoms with E-state index in [2.05, 4.69) is 25.9 Å². The molecule has 2 aromatic heterocycles. The molecule has 3 N–H and O–H groups in total. The molecule has 0 bridgehead atoms. The van der Waals surface area contributed by atoms with E-state index in [1.165, 1.54) is 44.7 Å². The summed E-state index contributed by atoms with van der Waals surface area (Å²) in [5.41, 5.74) is 0.240. The molecule has 0 spiro atoms. The molecule has 10 heteroatoms. The van der Waals surface area contributed by atoms with Gasteiger partial charge in [0.1, 0.15) is 0 Å². The highest BCUT2D eigenvalue weighted by Crippen LogP contribution is 2.41. The Kier molecular flexibility index (Phi) is 6.37. The minimum atomic E-state index is -4.70. The number of fused-ring (bicyclic) bond motifs is 1. The highest BCUT2D eigenvalue weighted by Gasteiger charge is 2.35. The number of anilines is 2. The van der Waals surface area contributed by atoms with Gasteiger partial charge in [-0.3, -0.25) is 19.6 Å². The summed E-state index contributed by atoms with van der Waals surface area (Å²) < 4.78 is 42.1. The topological polar surface area (TPSA) is 96.0 Å². The smallest absolute Gasteiger partial charge is 0.355 e. The molecule has 178 valence electrons. The second-order valence-corrected chi connectivity index (χ2v) is 7.54. The summed E-state index contributed by atoms with van der Waals surface area (Å²) in [7, 11) is 2.90. The van der Waals surface area contributed by atoms with E-state index in [0.717, 1.165) is 6.07 Å². The molecule has 7 nitrogen and oxygen atoms in total. The zero-order valence-electron chi connectivity index (χ0n) is 18.7. The fraction of sp³-hybridized carbons (Fsp3) is 0.120. The Balaban J connectivity index is 1.98. The van der Waals surface area contributed by atoms with Crippen molar-refractivity contribution >= 4 is 34.1 Å². The van der Waals surface area contributed by atoms with Gasteiger partial charge in [0.25, 0.3) is 11.8 Å². The van der Waals surface area contributed by atoms with Crippen molar-refractivity contribution in [3.8, 4) is 11.3 Å². The zero-order chi connectivity index (χ0) is 25.2. The molecule has 0 aliphatic heterocycles. The lowest BCUT2D eigenvalue weighted by Gasteiger charge is -2.18. The Bertz CT molecular complexity index is 1410.